The van der Waals surface area contributed by atoms with Crippen LogP contribution in [0.2, 0.25) is 0 Å². The van der Waals surface area contributed by atoms with Gasteiger partial charge in [-0.25, -0.2) is 4.39 Å². The van der Waals surface area contributed by atoms with Crippen LogP contribution in [0.4, 0.5) is 4.39 Å². The van der Waals surface area contributed by atoms with E-state index >= 15 is 0 Å². The van der Waals surface area contributed by atoms with Crippen molar-refractivity contribution in [3.05, 3.63) is 66.0 Å². The lowest BCUT2D eigenvalue weighted by molar-refractivity contribution is -0.139. The second-order valence-corrected chi connectivity index (χ2v) is 10.3. The van der Waals surface area contributed by atoms with E-state index < -0.39 is 0 Å². The molecule has 2 heterocycles. The van der Waals surface area contributed by atoms with E-state index in [1.165, 1.54) is 12.1 Å². The SMILES string of the molecule is CC[C@@H](C(=O)N1CCC(COc2ccc(F)cc2)(CC(=O)N2CCN(C)CC2)CC1)c1ccccc1. The number of likely N-dealkylation sites (N-methyl/N-ethyl adjacent to an activating group) is 1. The van der Waals surface area contributed by atoms with Gasteiger partial charge in [0.1, 0.15) is 11.6 Å². The molecule has 0 N–H and O–H groups in total. The van der Waals surface area contributed by atoms with Crippen LogP contribution in [0.15, 0.2) is 54.6 Å². The highest BCUT2D eigenvalue weighted by atomic mass is 19.1. The number of halogens is 1. The second-order valence-electron chi connectivity index (χ2n) is 10.3. The molecule has 1 atom stereocenters. The van der Waals surface area contributed by atoms with Gasteiger partial charge in [-0.05, 0) is 56.1 Å². The number of hydrogen-bond acceptors (Lipinski definition) is 4. The van der Waals surface area contributed by atoms with Gasteiger partial charge in [-0.3, -0.25) is 9.59 Å². The topological polar surface area (TPSA) is 53.1 Å². The maximum atomic E-state index is 13.4. The molecular formula is C29H38FN3O3. The van der Waals surface area contributed by atoms with Crippen LogP contribution in [-0.4, -0.2) is 79.4 Å². The summed E-state index contributed by atoms with van der Waals surface area (Å²) in [4.78, 5) is 32.9. The molecule has 2 aliphatic heterocycles. The molecule has 2 fully saturated rings. The van der Waals surface area contributed by atoms with Gasteiger partial charge >= 0.3 is 0 Å². The van der Waals surface area contributed by atoms with Crippen LogP contribution in [0, 0.1) is 11.2 Å². The Labute approximate surface area is 214 Å². The van der Waals surface area contributed by atoms with Crippen LogP contribution in [0.1, 0.15) is 44.1 Å². The molecule has 7 heteroatoms. The van der Waals surface area contributed by atoms with E-state index in [1.54, 1.807) is 12.1 Å². The first-order valence-electron chi connectivity index (χ1n) is 13.1. The summed E-state index contributed by atoms with van der Waals surface area (Å²) in [7, 11) is 2.07. The van der Waals surface area contributed by atoms with E-state index in [4.69, 9.17) is 4.74 Å². The first kappa shape index (κ1) is 26.1. The average molecular weight is 496 g/mol. The molecular weight excluding hydrogens is 457 g/mol. The minimum atomic E-state index is -0.361. The number of carbonyl (C=O) groups is 2. The van der Waals surface area contributed by atoms with Gasteiger partial charge in [0, 0.05) is 51.1 Å². The van der Waals surface area contributed by atoms with Gasteiger partial charge in [0.15, 0.2) is 0 Å². The lowest BCUT2D eigenvalue weighted by Gasteiger charge is -2.43. The van der Waals surface area contributed by atoms with Crippen molar-refractivity contribution in [3.63, 3.8) is 0 Å². The number of piperidine rings is 1. The molecule has 6 nitrogen and oxygen atoms in total. The normalized spacial score (nSPS) is 19.1. The zero-order chi connectivity index (χ0) is 25.5. The van der Waals surface area contributed by atoms with Crippen molar-refractivity contribution in [1.82, 2.24) is 14.7 Å². The summed E-state index contributed by atoms with van der Waals surface area (Å²) in [5, 5.41) is 0. The summed E-state index contributed by atoms with van der Waals surface area (Å²) in [6, 6.07) is 16.0. The summed E-state index contributed by atoms with van der Waals surface area (Å²) in [5.41, 5.74) is 0.687. The smallest absolute Gasteiger partial charge is 0.230 e. The molecule has 4 rings (SSSR count). The standard InChI is InChI=1S/C29H38FN3O3/c1-3-26(23-7-5-4-6-8-23)28(35)33-15-13-29(14-16-33,22-36-25-11-9-24(30)10-12-25)21-27(34)32-19-17-31(2)18-20-32/h4-12,26H,3,13-22H2,1-2H3/t26-/m1/s1. The van der Waals surface area contributed by atoms with Gasteiger partial charge in [-0.2, -0.15) is 0 Å². The van der Waals surface area contributed by atoms with E-state index in [-0.39, 0.29) is 29.0 Å². The maximum absolute atomic E-state index is 13.4. The predicted octanol–water partition coefficient (Wildman–Crippen LogP) is 4.17. The molecule has 0 aliphatic carbocycles. The van der Waals surface area contributed by atoms with E-state index in [2.05, 4.69) is 18.9 Å². The number of carbonyl (C=O) groups excluding carboxylic acids is 2. The molecule has 36 heavy (non-hydrogen) atoms. The summed E-state index contributed by atoms with van der Waals surface area (Å²) in [6.45, 7) is 6.87. The molecule has 0 aromatic heterocycles. The van der Waals surface area contributed by atoms with E-state index in [9.17, 15) is 14.0 Å². The Morgan fingerprint density at radius 3 is 2.17 bits per heavy atom. The Morgan fingerprint density at radius 1 is 0.917 bits per heavy atom. The Bertz CT molecular complexity index is 998. The molecule has 2 saturated heterocycles. The lowest BCUT2D eigenvalue weighted by atomic mass is 9.75. The molecule has 0 unspecified atom stereocenters. The Morgan fingerprint density at radius 2 is 1.56 bits per heavy atom. The molecule has 2 aromatic carbocycles. The molecule has 0 saturated carbocycles. The van der Waals surface area contributed by atoms with Gasteiger partial charge in [0.05, 0.1) is 12.5 Å². The quantitative estimate of drug-likeness (QED) is 0.552. The molecule has 194 valence electrons. The number of rotatable bonds is 8. The molecule has 2 aliphatic rings. The van der Waals surface area contributed by atoms with Crippen molar-refractivity contribution in [2.24, 2.45) is 5.41 Å². The monoisotopic (exact) mass is 495 g/mol. The number of nitrogens with zero attached hydrogens (tertiary/aromatic N) is 3. The Balaban J connectivity index is 1.44. The highest BCUT2D eigenvalue weighted by Crippen LogP contribution is 2.38. The number of amides is 2. The van der Waals surface area contributed by atoms with E-state index in [1.807, 2.05) is 40.1 Å². The third-order valence-electron chi connectivity index (χ3n) is 7.78. The number of likely N-dealkylation sites (tertiary alicyclic amines) is 1. The van der Waals surface area contributed by atoms with Gasteiger partial charge < -0.3 is 19.4 Å². The van der Waals surface area contributed by atoms with Crippen molar-refractivity contribution >= 4 is 11.8 Å². The van der Waals surface area contributed by atoms with Crippen LogP contribution < -0.4 is 4.74 Å². The molecule has 2 amide bonds. The zero-order valence-electron chi connectivity index (χ0n) is 21.5. The van der Waals surface area contributed by atoms with Crippen LogP contribution >= 0.6 is 0 Å². The van der Waals surface area contributed by atoms with Gasteiger partial charge in [-0.1, -0.05) is 37.3 Å². The fraction of sp³-hybridized carbons (Fsp3) is 0.517. The van der Waals surface area contributed by atoms with E-state index in [0.717, 1.165) is 38.2 Å². The number of ether oxygens (including phenoxy) is 1. The summed E-state index contributed by atoms with van der Waals surface area (Å²) in [5.74, 6) is 0.444. The lowest BCUT2D eigenvalue weighted by Crippen LogP contribution is -2.51. The van der Waals surface area contributed by atoms with Gasteiger partial charge in [-0.15, -0.1) is 0 Å². The van der Waals surface area contributed by atoms with Crippen LogP contribution in [0.3, 0.4) is 0 Å². The fourth-order valence-electron chi connectivity index (χ4n) is 5.29. The van der Waals surface area contributed by atoms with Crippen molar-refractivity contribution in [1.29, 1.82) is 0 Å². The number of hydrogen-bond donors (Lipinski definition) is 0. The number of benzene rings is 2. The highest BCUT2D eigenvalue weighted by Gasteiger charge is 2.41. The Hall–Kier alpha value is -2.93. The van der Waals surface area contributed by atoms with Gasteiger partial charge in [0.25, 0.3) is 0 Å². The van der Waals surface area contributed by atoms with Crippen molar-refractivity contribution in [3.8, 4) is 5.75 Å². The van der Waals surface area contributed by atoms with Crippen molar-refractivity contribution in [2.45, 2.75) is 38.5 Å². The third kappa shape index (κ3) is 6.44. The summed E-state index contributed by atoms with van der Waals surface area (Å²) in [6.07, 6.45) is 2.55. The third-order valence-corrected chi connectivity index (χ3v) is 7.78. The summed E-state index contributed by atoms with van der Waals surface area (Å²) >= 11 is 0. The van der Waals surface area contributed by atoms with Crippen molar-refractivity contribution < 1.29 is 18.7 Å². The minimum Gasteiger partial charge on any atom is -0.493 e. The largest absolute Gasteiger partial charge is 0.493 e. The first-order valence-corrected chi connectivity index (χ1v) is 13.1. The number of piperazine rings is 1. The first-order chi connectivity index (χ1) is 17.4. The highest BCUT2D eigenvalue weighted by molar-refractivity contribution is 5.84. The minimum absolute atomic E-state index is 0.152. The molecule has 0 radical (unpaired) electrons. The fourth-order valence-corrected chi connectivity index (χ4v) is 5.29. The zero-order valence-corrected chi connectivity index (χ0v) is 21.5. The van der Waals surface area contributed by atoms with E-state index in [0.29, 0.717) is 44.7 Å². The van der Waals surface area contributed by atoms with Gasteiger partial charge in [0.2, 0.25) is 11.8 Å². The van der Waals surface area contributed by atoms with Crippen LogP contribution in [0.25, 0.3) is 0 Å². The van der Waals surface area contributed by atoms with Crippen LogP contribution in [0.5, 0.6) is 5.75 Å². The maximum Gasteiger partial charge on any atom is 0.230 e. The Kier molecular flexibility index (Phi) is 8.62. The molecule has 0 bridgehead atoms. The molecule has 2 aromatic rings. The van der Waals surface area contributed by atoms with Crippen molar-refractivity contribution in [2.75, 3.05) is 52.9 Å². The average Bonchev–Trinajstić information content (AvgIpc) is 2.90. The van der Waals surface area contributed by atoms with Crippen LogP contribution in [-0.2, 0) is 9.59 Å². The predicted molar refractivity (Wildman–Crippen MR) is 138 cm³/mol. The second kappa shape index (κ2) is 11.9. The molecule has 0 spiro atoms. The summed E-state index contributed by atoms with van der Waals surface area (Å²) < 4.78 is 19.4.